The molecule has 0 saturated carbocycles. The van der Waals surface area contributed by atoms with E-state index in [0.717, 1.165) is 0 Å². The summed E-state index contributed by atoms with van der Waals surface area (Å²) in [5.74, 6) is 0. The number of nitrogens with two attached hydrogens (primary N) is 2. The lowest BCUT2D eigenvalue weighted by Crippen LogP contribution is -1.80. The van der Waals surface area contributed by atoms with Gasteiger partial charge in [0, 0.05) is 12.1 Å². The standard InChI is InChI=1S/C8H6N4O2/c9-7-11-3-1-5-4(2-6(3)14-7)12-8(10)13-5/h1-2H,(H2,9,11)(H2,10,12). The van der Waals surface area contributed by atoms with Crippen molar-refractivity contribution in [1.82, 2.24) is 9.97 Å². The molecule has 0 amide bonds. The van der Waals surface area contributed by atoms with E-state index in [-0.39, 0.29) is 12.0 Å². The third-order valence-electron chi connectivity index (χ3n) is 1.93. The summed E-state index contributed by atoms with van der Waals surface area (Å²) in [6, 6.07) is 3.63. The highest BCUT2D eigenvalue weighted by Gasteiger charge is 2.08. The molecule has 0 radical (unpaired) electrons. The first-order valence-corrected chi connectivity index (χ1v) is 3.94. The zero-order valence-corrected chi connectivity index (χ0v) is 7.02. The molecule has 70 valence electrons. The van der Waals surface area contributed by atoms with Crippen molar-refractivity contribution in [2.24, 2.45) is 0 Å². The van der Waals surface area contributed by atoms with Crippen LogP contribution in [0.1, 0.15) is 0 Å². The average Bonchev–Trinajstić information content (AvgIpc) is 2.59. The Kier molecular flexibility index (Phi) is 1.11. The molecule has 3 aromatic rings. The van der Waals surface area contributed by atoms with Crippen LogP contribution in [0, 0.1) is 0 Å². The number of fused-ring (bicyclic) bond motifs is 2. The van der Waals surface area contributed by atoms with Gasteiger partial charge in [-0.15, -0.1) is 0 Å². The quantitative estimate of drug-likeness (QED) is 0.550. The van der Waals surface area contributed by atoms with E-state index in [9.17, 15) is 0 Å². The van der Waals surface area contributed by atoms with Crippen molar-refractivity contribution in [3.8, 4) is 0 Å². The topological polar surface area (TPSA) is 104 Å². The number of hydrogen-bond donors (Lipinski definition) is 2. The molecule has 2 heterocycles. The predicted octanol–water partition coefficient (Wildman–Crippen LogP) is 1.13. The van der Waals surface area contributed by atoms with Gasteiger partial charge in [0.25, 0.3) is 12.0 Å². The first-order chi connectivity index (χ1) is 6.72. The normalized spacial score (nSPS) is 11.4. The highest BCUT2D eigenvalue weighted by Crippen LogP contribution is 2.24. The van der Waals surface area contributed by atoms with Crippen LogP contribution >= 0.6 is 0 Å². The van der Waals surface area contributed by atoms with Crippen LogP contribution in [0.4, 0.5) is 12.0 Å². The van der Waals surface area contributed by atoms with Crippen LogP contribution in [0.3, 0.4) is 0 Å². The van der Waals surface area contributed by atoms with Crippen LogP contribution in [-0.2, 0) is 0 Å². The van der Waals surface area contributed by atoms with Crippen molar-refractivity contribution in [2.75, 3.05) is 11.5 Å². The van der Waals surface area contributed by atoms with Gasteiger partial charge in [0.05, 0.1) is 0 Å². The Balaban J connectivity index is 2.49. The van der Waals surface area contributed by atoms with Gasteiger partial charge in [0.2, 0.25) is 0 Å². The van der Waals surface area contributed by atoms with E-state index in [1.807, 2.05) is 0 Å². The van der Waals surface area contributed by atoms with E-state index in [0.29, 0.717) is 22.2 Å². The van der Waals surface area contributed by atoms with Crippen LogP contribution in [0.5, 0.6) is 0 Å². The predicted molar refractivity (Wildman–Crippen MR) is 50.4 cm³/mol. The van der Waals surface area contributed by atoms with Gasteiger partial charge in [-0.25, -0.2) is 0 Å². The van der Waals surface area contributed by atoms with Gasteiger partial charge in [0.1, 0.15) is 11.0 Å². The van der Waals surface area contributed by atoms with Gasteiger partial charge in [-0.1, -0.05) is 0 Å². The van der Waals surface area contributed by atoms with Crippen molar-refractivity contribution in [3.05, 3.63) is 12.1 Å². The van der Waals surface area contributed by atoms with Crippen LogP contribution in [0.25, 0.3) is 22.2 Å². The molecule has 2 aromatic heterocycles. The molecule has 0 atom stereocenters. The Labute approximate surface area is 77.5 Å². The SMILES string of the molecule is Nc1nc2cc3oc(N)nc3cc2o1. The molecular formula is C8H6N4O2. The second kappa shape index (κ2) is 2.16. The highest BCUT2D eigenvalue weighted by atomic mass is 16.4. The Morgan fingerprint density at radius 2 is 1.29 bits per heavy atom. The number of rotatable bonds is 0. The van der Waals surface area contributed by atoms with Gasteiger partial charge >= 0.3 is 0 Å². The van der Waals surface area contributed by atoms with Gasteiger partial charge in [-0.3, -0.25) is 0 Å². The maximum absolute atomic E-state index is 5.40. The summed E-state index contributed by atoms with van der Waals surface area (Å²) in [6.07, 6.45) is 0. The number of nitrogen functional groups attached to an aromatic ring is 2. The maximum Gasteiger partial charge on any atom is 0.292 e. The molecule has 0 aliphatic carbocycles. The second-order valence-electron chi connectivity index (χ2n) is 2.89. The first-order valence-electron chi connectivity index (χ1n) is 3.94. The van der Waals surface area contributed by atoms with E-state index < -0.39 is 0 Å². The Morgan fingerprint density at radius 3 is 1.71 bits per heavy atom. The minimum atomic E-state index is 0.126. The molecule has 14 heavy (non-hydrogen) atoms. The summed E-state index contributed by atoms with van der Waals surface area (Å²) in [4.78, 5) is 7.91. The molecule has 3 rings (SSSR count). The summed E-state index contributed by atoms with van der Waals surface area (Å²) in [6.45, 7) is 0. The summed E-state index contributed by atoms with van der Waals surface area (Å²) in [5, 5.41) is 0. The zero-order chi connectivity index (χ0) is 9.71. The fraction of sp³-hybridized carbons (Fsp3) is 0. The van der Waals surface area contributed by atoms with E-state index in [2.05, 4.69) is 9.97 Å². The Hall–Kier alpha value is -2.24. The van der Waals surface area contributed by atoms with Crippen molar-refractivity contribution in [1.29, 1.82) is 0 Å². The number of aromatic nitrogens is 2. The van der Waals surface area contributed by atoms with Crippen LogP contribution in [0.2, 0.25) is 0 Å². The number of anilines is 2. The zero-order valence-electron chi connectivity index (χ0n) is 7.02. The Morgan fingerprint density at radius 1 is 0.857 bits per heavy atom. The molecule has 0 spiro atoms. The van der Waals surface area contributed by atoms with Gasteiger partial charge in [-0.05, 0) is 0 Å². The van der Waals surface area contributed by atoms with E-state index in [4.69, 9.17) is 20.3 Å². The van der Waals surface area contributed by atoms with Crippen LogP contribution in [0.15, 0.2) is 21.0 Å². The lowest BCUT2D eigenvalue weighted by molar-refractivity contribution is 0.624. The molecule has 0 saturated heterocycles. The highest BCUT2D eigenvalue weighted by molar-refractivity contribution is 5.90. The lowest BCUT2D eigenvalue weighted by atomic mass is 10.3. The van der Waals surface area contributed by atoms with Gasteiger partial charge < -0.3 is 20.3 Å². The molecule has 6 heteroatoms. The van der Waals surface area contributed by atoms with Crippen molar-refractivity contribution in [3.63, 3.8) is 0 Å². The largest absolute Gasteiger partial charge is 0.424 e. The second-order valence-corrected chi connectivity index (χ2v) is 2.89. The fourth-order valence-electron chi connectivity index (χ4n) is 1.39. The van der Waals surface area contributed by atoms with Crippen molar-refractivity contribution >= 4 is 34.2 Å². The Bertz CT molecular complexity index is 522. The van der Waals surface area contributed by atoms with Gasteiger partial charge in [-0.2, -0.15) is 9.97 Å². The minimum absolute atomic E-state index is 0.126. The number of benzene rings is 1. The summed E-state index contributed by atoms with van der Waals surface area (Å²) < 4.78 is 10.3. The number of nitrogens with zero attached hydrogens (tertiary/aromatic N) is 2. The molecular weight excluding hydrogens is 184 g/mol. The van der Waals surface area contributed by atoms with Crippen molar-refractivity contribution < 1.29 is 8.83 Å². The number of oxazole rings is 2. The fourth-order valence-corrected chi connectivity index (χ4v) is 1.39. The van der Waals surface area contributed by atoms with E-state index in [1.54, 1.807) is 12.1 Å². The summed E-state index contributed by atoms with van der Waals surface area (Å²) >= 11 is 0. The minimum Gasteiger partial charge on any atom is -0.424 e. The average molecular weight is 190 g/mol. The number of hydrogen-bond acceptors (Lipinski definition) is 6. The molecule has 0 bridgehead atoms. The maximum atomic E-state index is 5.40. The molecule has 4 N–H and O–H groups in total. The van der Waals surface area contributed by atoms with E-state index >= 15 is 0 Å². The lowest BCUT2D eigenvalue weighted by Gasteiger charge is -1.84. The molecule has 0 aliphatic heterocycles. The first kappa shape index (κ1) is 7.19. The molecule has 0 fully saturated rings. The van der Waals surface area contributed by atoms with Gasteiger partial charge in [0.15, 0.2) is 11.2 Å². The molecule has 0 unspecified atom stereocenters. The monoisotopic (exact) mass is 190 g/mol. The van der Waals surface area contributed by atoms with Crippen LogP contribution < -0.4 is 11.5 Å². The van der Waals surface area contributed by atoms with E-state index in [1.165, 1.54) is 0 Å². The third-order valence-corrected chi connectivity index (χ3v) is 1.93. The van der Waals surface area contributed by atoms with Crippen molar-refractivity contribution in [2.45, 2.75) is 0 Å². The smallest absolute Gasteiger partial charge is 0.292 e. The molecule has 0 aliphatic rings. The third kappa shape index (κ3) is 0.846. The molecule has 6 nitrogen and oxygen atoms in total. The molecule has 1 aromatic carbocycles. The van der Waals surface area contributed by atoms with Crippen LogP contribution in [-0.4, -0.2) is 9.97 Å². The summed E-state index contributed by atoms with van der Waals surface area (Å²) in [5.41, 5.74) is 13.2. The summed E-state index contributed by atoms with van der Waals surface area (Å²) in [7, 11) is 0.